The van der Waals surface area contributed by atoms with Gasteiger partial charge in [0.1, 0.15) is 10.7 Å². The molecule has 2 rings (SSSR count). The Labute approximate surface area is 132 Å². The molecule has 3 atom stereocenters. The zero-order chi connectivity index (χ0) is 15.9. The van der Waals surface area contributed by atoms with E-state index in [9.17, 15) is 13.2 Å². The van der Waals surface area contributed by atoms with E-state index in [1.807, 2.05) is 30.3 Å². The highest BCUT2D eigenvalue weighted by Gasteiger charge is 2.37. The molecule has 1 aliphatic rings. The predicted octanol–water partition coefficient (Wildman–Crippen LogP) is 1.91. The van der Waals surface area contributed by atoms with Crippen LogP contribution in [0.1, 0.15) is 37.7 Å². The van der Waals surface area contributed by atoms with Crippen molar-refractivity contribution in [2.45, 2.75) is 43.8 Å². The third kappa shape index (κ3) is 4.30. The number of hydrogen-bond acceptors (Lipinski definition) is 4. The van der Waals surface area contributed by atoms with Crippen molar-refractivity contribution in [1.29, 1.82) is 0 Å². The lowest BCUT2D eigenvalue weighted by molar-refractivity contribution is -0.136. The second-order valence-electron chi connectivity index (χ2n) is 5.91. The lowest BCUT2D eigenvalue weighted by atomic mass is 9.76. The number of benzene rings is 1. The van der Waals surface area contributed by atoms with Gasteiger partial charge in [0.05, 0.1) is 5.25 Å². The number of rotatable bonds is 6. The first-order chi connectivity index (χ1) is 10.6. The maximum absolute atomic E-state index is 11.8. The number of carbonyl (C=O) groups is 1. The molecule has 0 spiro atoms. The molecule has 1 fully saturated rings. The smallest absolute Gasteiger partial charge is 0.246 e. The fraction of sp³-hybridized carbons (Fsp3) is 0.562. The van der Waals surface area contributed by atoms with E-state index in [1.165, 1.54) is 0 Å². The normalized spacial score (nSPS) is 23.2. The second-order valence-corrected chi connectivity index (χ2v) is 7.14. The summed E-state index contributed by atoms with van der Waals surface area (Å²) in [5, 5.41) is 8.37. The van der Waals surface area contributed by atoms with Crippen LogP contribution < -0.4 is 5.48 Å². The standard InChI is InChI=1S/C16H23NO4S/c18-16(17-19)14-9-5-4-8-13(14)15(22(20)21)11-10-12-6-2-1-3-7-12/h1-3,6-7,13-15,19,22H,4-5,8-11H2,(H,17,18). The van der Waals surface area contributed by atoms with Crippen molar-refractivity contribution in [1.82, 2.24) is 5.48 Å². The Hall–Kier alpha value is -1.40. The molecule has 1 aromatic carbocycles. The van der Waals surface area contributed by atoms with Gasteiger partial charge >= 0.3 is 0 Å². The minimum absolute atomic E-state index is 0.203. The molecule has 6 heteroatoms. The molecule has 22 heavy (non-hydrogen) atoms. The van der Waals surface area contributed by atoms with E-state index in [0.29, 0.717) is 19.3 Å². The molecule has 0 heterocycles. The van der Waals surface area contributed by atoms with Crippen LogP contribution in [0.5, 0.6) is 0 Å². The van der Waals surface area contributed by atoms with Crippen molar-refractivity contribution in [3.63, 3.8) is 0 Å². The van der Waals surface area contributed by atoms with E-state index in [2.05, 4.69) is 0 Å². The highest BCUT2D eigenvalue weighted by Crippen LogP contribution is 2.35. The zero-order valence-corrected chi connectivity index (χ0v) is 13.4. The Morgan fingerprint density at radius 1 is 1.23 bits per heavy atom. The van der Waals surface area contributed by atoms with E-state index in [-0.39, 0.29) is 5.92 Å². The molecule has 1 aromatic rings. The maximum Gasteiger partial charge on any atom is 0.246 e. The summed E-state index contributed by atoms with van der Waals surface area (Å²) in [5.74, 6) is -1.07. The van der Waals surface area contributed by atoms with Gasteiger partial charge in [-0.3, -0.25) is 10.0 Å². The van der Waals surface area contributed by atoms with Gasteiger partial charge in [-0.1, -0.05) is 43.2 Å². The van der Waals surface area contributed by atoms with Gasteiger partial charge in [-0.25, -0.2) is 13.9 Å². The Morgan fingerprint density at radius 2 is 1.91 bits per heavy atom. The van der Waals surface area contributed by atoms with Crippen molar-refractivity contribution in [2.75, 3.05) is 0 Å². The van der Waals surface area contributed by atoms with E-state index in [0.717, 1.165) is 24.8 Å². The summed E-state index contributed by atoms with van der Waals surface area (Å²) in [6, 6.07) is 9.76. The summed E-state index contributed by atoms with van der Waals surface area (Å²) in [4.78, 5) is 11.8. The molecule has 5 nitrogen and oxygen atoms in total. The first-order valence-corrected chi connectivity index (χ1v) is 8.99. The van der Waals surface area contributed by atoms with Gasteiger partial charge in [0.15, 0.2) is 0 Å². The molecule has 0 bridgehead atoms. The topological polar surface area (TPSA) is 83.5 Å². The summed E-state index contributed by atoms with van der Waals surface area (Å²) in [7, 11) is -2.60. The van der Waals surface area contributed by atoms with Crippen LogP contribution in [-0.4, -0.2) is 24.8 Å². The molecule has 122 valence electrons. The van der Waals surface area contributed by atoms with Crippen molar-refractivity contribution >= 4 is 16.6 Å². The first-order valence-electron chi connectivity index (χ1n) is 7.75. The fourth-order valence-corrected chi connectivity index (χ4v) is 4.47. The van der Waals surface area contributed by atoms with Crippen LogP contribution in [0.15, 0.2) is 30.3 Å². The fourth-order valence-electron chi connectivity index (χ4n) is 3.46. The zero-order valence-electron chi connectivity index (χ0n) is 12.5. The van der Waals surface area contributed by atoms with E-state index in [1.54, 1.807) is 5.48 Å². The van der Waals surface area contributed by atoms with Crippen molar-refractivity contribution in [3.8, 4) is 0 Å². The molecule has 0 aromatic heterocycles. The number of amides is 1. The number of aryl methyl sites for hydroxylation is 1. The Morgan fingerprint density at radius 3 is 2.55 bits per heavy atom. The SMILES string of the molecule is O=C(NO)C1CCCCC1C(CCc1ccccc1)[SH](=O)=O. The summed E-state index contributed by atoms with van der Waals surface area (Å²) in [5.41, 5.74) is 2.80. The maximum atomic E-state index is 11.8. The lowest BCUT2D eigenvalue weighted by Gasteiger charge is -2.33. The second kappa shape index (κ2) is 8.29. The molecular formula is C16H23NO4S. The van der Waals surface area contributed by atoms with Crippen LogP contribution in [0, 0.1) is 11.8 Å². The predicted molar refractivity (Wildman–Crippen MR) is 84.2 cm³/mol. The first kappa shape index (κ1) is 17.0. The molecule has 2 N–H and O–H groups in total. The average Bonchev–Trinajstić information content (AvgIpc) is 2.55. The molecule has 0 aliphatic heterocycles. The molecule has 3 unspecified atom stereocenters. The van der Waals surface area contributed by atoms with Gasteiger partial charge in [0.2, 0.25) is 5.91 Å². The third-order valence-corrected chi connectivity index (χ3v) is 5.79. The average molecular weight is 325 g/mol. The molecule has 0 radical (unpaired) electrons. The van der Waals surface area contributed by atoms with Crippen molar-refractivity contribution in [2.24, 2.45) is 11.8 Å². The van der Waals surface area contributed by atoms with Crippen molar-refractivity contribution in [3.05, 3.63) is 35.9 Å². The third-order valence-electron chi connectivity index (χ3n) is 4.60. The Kier molecular flexibility index (Phi) is 6.39. The summed E-state index contributed by atoms with van der Waals surface area (Å²) in [6.07, 6.45) is 4.39. The summed E-state index contributed by atoms with van der Waals surface area (Å²) < 4.78 is 23.4. The quantitative estimate of drug-likeness (QED) is 0.424. The van der Waals surface area contributed by atoms with Crippen LogP contribution >= 0.6 is 0 Å². The highest BCUT2D eigenvalue weighted by molar-refractivity contribution is 7.73. The van der Waals surface area contributed by atoms with Gasteiger partial charge in [-0.05, 0) is 37.2 Å². The van der Waals surface area contributed by atoms with Crippen LogP contribution in [-0.2, 0) is 21.9 Å². The van der Waals surface area contributed by atoms with Crippen LogP contribution in [0.3, 0.4) is 0 Å². The Balaban J connectivity index is 2.10. The van der Waals surface area contributed by atoms with E-state index < -0.39 is 27.8 Å². The van der Waals surface area contributed by atoms with Gasteiger partial charge in [0.25, 0.3) is 0 Å². The highest BCUT2D eigenvalue weighted by atomic mass is 32.2. The van der Waals surface area contributed by atoms with Crippen LogP contribution in [0.2, 0.25) is 0 Å². The molecule has 1 aliphatic carbocycles. The minimum Gasteiger partial charge on any atom is -0.289 e. The number of hydrogen-bond donors (Lipinski definition) is 3. The summed E-state index contributed by atoms with van der Waals surface area (Å²) >= 11 is 0. The van der Waals surface area contributed by atoms with E-state index >= 15 is 0 Å². The van der Waals surface area contributed by atoms with Gasteiger partial charge < -0.3 is 0 Å². The van der Waals surface area contributed by atoms with Gasteiger partial charge in [0, 0.05) is 5.92 Å². The minimum atomic E-state index is -2.60. The molecule has 1 saturated carbocycles. The summed E-state index contributed by atoms with van der Waals surface area (Å²) in [6.45, 7) is 0. The van der Waals surface area contributed by atoms with E-state index in [4.69, 9.17) is 5.21 Å². The number of carbonyl (C=O) groups excluding carboxylic acids is 1. The number of hydroxylamine groups is 1. The largest absolute Gasteiger partial charge is 0.289 e. The number of nitrogens with one attached hydrogen (secondary N) is 1. The van der Waals surface area contributed by atoms with Gasteiger partial charge in [-0.15, -0.1) is 0 Å². The Bertz CT molecular complexity index is 551. The van der Waals surface area contributed by atoms with Crippen LogP contribution in [0.25, 0.3) is 0 Å². The van der Waals surface area contributed by atoms with Gasteiger partial charge in [-0.2, -0.15) is 0 Å². The lowest BCUT2D eigenvalue weighted by Crippen LogP contribution is -2.41. The number of thiol groups is 1. The molecule has 1 amide bonds. The monoisotopic (exact) mass is 325 g/mol. The molecule has 0 saturated heterocycles. The van der Waals surface area contributed by atoms with Crippen LogP contribution in [0.4, 0.5) is 0 Å². The molecular weight excluding hydrogens is 302 g/mol. The van der Waals surface area contributed by atoms with Crippen molar-refractivity contribution < 1.29 is 18.4 Å².